The number of hydrogen-bond acceptors (Lipinski definition) is 7. The number of carbonyl (C=O) groups excluding carboxylic acids is 2. The normalized spacial score (nSPS) is 10.4. The predicted molar refractivity (Wildman–Crippen MR) is 85.2 cm³/mol. The zero-order chi connectivity index (χ0) is 17.6. The Morgan fingerprint density at radius 1 is 1.16 bits per heavy atom. The Morgan fingerprint density at radius 3 is 2.72 bits per heavy atom. The van der Waals surface area contributed by atoms with Gasteiger partial charge in [0.1, 0.15) is 12.2 Å². The fraction of sp³-hybridized carbons (Fsp3) is 0.200. The second-order valence-corrected chi connectivity index (χ2v) is 4.99. The zero-order valence-electron chi connectivity index (χ0n) is 13.4. The Balaban J connectivity index is 1.63. The van der Waals surface area contributed by atoms with Gasteiger partial charge < -0.3 is 10.1 Å². The van der Waals surface area contributed by atoms with E-state index in [1.807, 2.05) is 30.3 Å². The first-order valence-electron chi connectivity index (χ1n) is 7.37. The lowest BCUT2D eigenvalue weighted by Crippen LogP contribution is -2.30. The molecule has 2 heterocycles. The largest absolute Gasteiger partial charge is 0.468 e. The first-order chi connectivity index (χ1) is 12.2. The van der Waals surface area contributed by atoms with Gasteiger partial charge in [0.15, 0.2) is 6.67 Å². The third kappa shape index (κ3) is 4.05. The second kappa shape index (κ2) is 7.34. The van der Waals surface area contributed by atoms with Gasteiger partial charge in [-0.15, -0.1) is 15.0 Å². The molecule has 1 amide bonds. The van der Waals surface area contributed by atoms with Crippen LogP contribution in [-0.2, 0) is 16.2 Å². The lowest BCUT2D eigenvalue weighted by atomic mass is 10.2. The van der Waals surface area contributed by atoms with Crippen molar-refractivity contribution in [2.24, 2.45) is 0 Å². The highest BCUT2D eigenvalue weighted by Crippen LogP contribution is 2.11. The Bertz CT molecular complexity index is 872. The minimum atomic E-state index is -0.534. The maximum Gasteiger partial charge on any atom is 0.325 e. The molecule has 3 rings (SSSR count). The second-order valence-electron chi connectivity index (χ2n) is 4.99. The molecule has 128 valence electrons. The van der Waals surface area contributed by atoms with Crippen LogP contribution >= 0.6 is 0 Å². The molecule has 1 aromatic carbocycles. The Morgan fingerprint density at radius 2 is 1.96 bits per heavy atom. The molecule has 0 fully saturated rings. The number of rotatable bonds is 6. The van der Waals surface area contributed by atoms with E-state index in [2.05, 4.69) is 30.6 Å². The van der Waals surface area contributed by atoms with E-state index in [4.69, 9.17) is 0 Å². The van der Waals surface area contributed by atoms with Gasteiger partial charge in [-0.2, -0.15) is 5.10 Å². The van der Waals surface area contributed by atoms with Crippen molar-refractivity contribution in [1.29, 1.82) is 0 Å². The van der Waals surface area contributed by atoms with E-state index in [0.29, 0.717) is 5.82 Å². The third-order valence-electron chi connectivity index (χ3n) is 3.25. The molecule has 0 aliphatic carbocycles. The molecule has 0 saturated heterocycles. The van der Waals surface area contributed by atoms with Crippen LogP contribution in [0.3, 0.4) is 0 Å². The molecule has 0 radical (unpaired) electrons. The van der Waals surface area contributed by atoms with Gasteiger partial charge in [0, 0.05) is 11.8 Å². The van der Waals surface area contributed by atoms with E-state index < -0.39 is 11.9 Å². The monoisotopic (exact) mass is 341 g/mol. The van der Waals surface area contributed by atoms with Gasteiger partial charge in [-0.25, -0.2) is 4.68 Å². The molecule has 0 unspecified atom stereocenters. The van der Waals surface area contributed by atoms with Crippen LogP contribution in [0.5, 0.6) is 0 Å². The van der Waals surface area contributed by atoms with Crippen LogP contribution in [0.25, 0.3) is 11.4 Å². The van der Waals surface area contributed by atoms with Crippen molar-refractivity contribution in [2.45, 2.75) is 6.67 Å². The van der Waals surface area contributed by atoms with Crippen LogP contribution in [0.1, 0.15) is 10.5 Å². The van der Waals surface area contributed by atoms with Crippen molar-refractivity contribution in [3.05, 3.63) is 48.3 Å². The fourth-order valence-electron chi connectivity index (χ4n) is 2.01. The minimum Gasteiger partial charge on any atom is -0.468 e. The first kappa shape index (κ1) is 16.3. The predicted octanol–water partition coefficient (Wildman–Crippen LogP) is -0.0548. The number of amides is 1. The van der Waals surface area contributed by atoms with E-state index in [1.165, 1.54) is 22.7 Å². The van der Waals surface area contributed by atoms with Crippen LogP contribution < -0.4 is 5.32 Å². The van der Waals surface area contributed by atoms with E-state index in [0.717, 1.165) is 5.56 Å². The van der Waals surface area contributed by atoms with Crippen molar-refractivity contribution in [3.63, 3.8) is 0 Å². The quantitative estimate of drug-likeness (QED) is 0.624. The van der Waals surface area contributed by atoms with Crippen molar-refractivity contribution in [2.75, 3.05) is 13.7 Å². The standard InChI is InChI=1S/C15H15N7O3/c1-25-13(23)9-16-15(24)12-7-8-21(18-12)10-22-19-14(17-20-22)11-5-3-2-4-6-11/h2-8H,9-10H2,1H3,(H,16,24). The van der Waals surface area contributed by atoms with Crippen LogP contribution in [0, 0.1) is 0 Å². The molecule has 0 aliphatic heterocycles. The summed E-state index contributed by atoms with van der Waals surface area (Å²) in [5, 5.41) is 18.8. The lowest BCUT2D eigenvalue weighted by Gasteiger charge is -2.01. The SMILES string of the molecule is COC(=O)CNC(=O)c1ccn(Cn2nnc(-c3ccccc3)n2)n1. The van der Waals surface area contributed by atoms with Gasteiger partial charge in [0.25, 0.3) is 5.91 Å². The highest BCUT2D eigenvalue weighted by molar-refractivity contribution is 5.94. The van der Waals surface area contributed by atoms with Gasteiger partial charge in [0.2, 0.25) is 5.82 Å². The molecule has 0 spiro atoms. The van der Waals surface area contributed by atoms with Crippen molar-refractivity contribution < 1.29 is 14.3 Å². The third-order valence-corrected chi connectivity index (χ3v) is 3.25. The molecular formula is C15H15N7O3. The highest BCUT2D eigenvalue weighted by Gasteiger charge is 2.12. The number of benzene rings is 1. The fourth-order valence-corrected chi connectivity index (χ4v) is 2.01. The summed E-state index contributed by atoms with van der Waals surface area (Å²) in [5.41, 5.74) is 1.03. The molecule has 2 aromatic heterocycles. The minimum absolute atomic E-state index is 0.173. The Labute approximate surface area is 142 Å². The molecule has 1 N–H and O–H groups in total. The van der Waals surface area contributed by atoms with Crippen LogP contribution in [0.4, 0.5) is 0 Å². The number of hydrogen-bond donors (Lipinski definition) is 1. The summed E-state index contributed by atoms with van der Waals surface area (Å²) in [6.07, 6.45) is 1.61. The number of nitrogens with one attached hydrogen (secondary N) is 1. The van der Waals surface area contributed by atoms with Crippen LogP contribution in [0.15, 0.2) is 42.6 Å². The number of esters is 1. The van der Waals surface area contributed by atoms with Gasteiger partial charge in [-0.3, -0.25) is 9.59 Å². The average molecular weight is 341 g/mol. The summed E-state index contributed by atoms with van der Waals surface area (Å²) in [7, 11) is 1.25. The summed E-state index contributed by atoms with van der Waals surface area (Å²) < 4.78 is 5.94. The topological polar surface area (TPSA) is 117 Å². The van der Waals surface area contributed by atoms with Crippen molar-refractivity contribution >= 4 is 11.9 Å². The number of nitrogens with zero attached hydrogens (tertiary/aromatic N) is 6. The Hall–Kier alpha value is -3.56. The maximum absolute atomic E-state index is 11.9. The van der Waals surface area contributed by atoms with E-state index >= 15 is 0 Å². The maximum atomic E-state index is 11.9. The summed E-state index contributed by atoms with van der Waals surface area (Å²) in [6.45, 7) is -0.0165. The smallest absolute Gasteiger partial charge is 0.325 e. The average Bonchev–Trinajstić information content (AvgIpc) is 3.30. The van der Waals surface area contributed by atoms with E-state index in [-0.39, 0.29) is 18.9 Å². The molecule has 0 atom stereocenters. The zero-order valence-corrected chi connectivity index (χ0v) is 13.4. The Kier molecular flexibility index (Phi) is 4.79. The van der Waals surface area contributed by atoms with Crippen LogP contribution in [-0.4, -0.2) is 55.5 Å². The highest BCUT2D eigenvalue weighted by atomic mass is 16.5. The summed E-state index contributed by atoms with van der Waals surface area (Å²) >= 11 is 0. The molecule has 10 heteroatoms. The molecular weight excluding hydrogens is 326 g/mol. The molecule has 0 saturated carbocycles. The lowest BCUT2D eigenvalue weighted by molar-refractivity contribution is -0.139. The number of carbonyl (C=O) groups is 2. The molecule has 0 bridgehead atoms. The first-order valence-corrected chi connectivity index (χ1v) is 7.37. The summed E-state index contributed by atoms with van der Waals surface area (Å²) in [4.78, 5) is 24.3. The molecule has 25 heavy (non-hydrogen) atoms. The molecule has 0 aliphatic rings. The number of ether oxygens (including phenoxy) is 1. The van der Waals surface area contributed by atoms with Gasteiger partial charge in [-0.1, -0.05) is 30.3 Å². The van der Waals surface area contributed by atoms with Crippen molar-refractivity contribution in [3.8, 4) is 11.4 Å². The van der Waals surface area contributed by atoms with Gasteiger partial charge in [-0.05, 0) is 11.3 Å². The van der Waals surface area contributed by atoms with Crippen molar-refractivity contribution in [1.82, 2.24) is 35.3 Å². The van der Waals surface area contributed by atoms with Crippen LogP contribution in [0.2, 0.25) is 0 Å². The molecule has 3 aromatic rings. The van der Waals surface area contributed by atoms with Gasteiger partial charge in [0.05, 0.1) is 7.11 Å². The number of tetrazole rings is 1. The number of aromatic nitrogens is 6. The summed E-state index contributed by atoms with van der Waals surface area (Å²) in [5.74, 6) is -0.502. The van der Waals surface area contributed by atoms with E-state index in [1.54, 1.807) is 6.20 Å². The van der Waals surface area contributed by atoms with E-state index in [9.17, 15) is 9.59 Å². The molecule has 10 nitrogen and oxygen atoms in total. The number of methoxy groups -OCH3 is 1. The van der Waals surface area contributed by atoms with Gasteiger partial charge >= 0.3 is 5.97 Å². The summed E-state index contributed by atoms with van der Waals surface area (Å²) in [6, 6.07) is 11.0.